The second kappa shape index (κ2) is 3.51. The summed E-state index contributed by atoms with van der Waals surface area (Å²) in [6.07, 6.45) is 0. The van der Waals surface area contributed by atoms with Gasteiger partial charge in [0.25, 0.3) is 0 Å². The van der Waals surface area contributed by atoms with Crippen LogP contribution in [0.2, 0.25) is 0 Å². The molecule has 5 heteroatoms. The molecule has 0 spiro atoms. The van der Waals surface area contributed by atoms with Gasteiger partial charge in [0.1, 0.15) is 5.52 Å². The molecule has 1 aromatic carbocycles. The van der Waals surface area contributed by atoms with Crippen molar-refractivity contribution in [3.63, 3.8) is 0 Å². The Hall–Kier alpha value is -1.20. The standard InChI is InChI=1S/C9H9NO3S/c1-6-2-3-7-8(4-6)13-9(10-7)5-14(11)12/h2-4H,5H2,1H3,(H,11,12)/p-1. The van der Waals surface area contributed by atoms with Crippen LogP contribution in [0, 0.1) is 6.92 Å². The van der Waals surface area contributed by atoms with Crippen LogP contribution in [0.15, 0.2) is 22.6 Å². The predicted molar refractivity (Wildman–Crippen MR) is 51.4 cm³/mol. The van der Waals surface area contributed by atoms with Crippen molar-refractivity contribution >= 4 is 22.2 Å². The zero-order valence-electron chi connectivity index (χ0n) is 7.52. The maximum absolute atomic E-state index is 10.4. The van der Waals surface area contributed by atoms with Gasteiger partial charge in [-0.3, -0.25) is 4.21 Å². The maximum atomic E-state index is 10.4. The van der Waals surface area contributed by atoms with Gasteiger partial charge in [-0.1, -0.05) is 6.07 Å². The van der Waals surface area contributed by atoms with Crippen molar-refractivity contribution in [1.82, 2.24) is 4.98 Å². The Morgan fingerprint density at radius 1 is 1.57 bits per heavy atom. The van der Waals surface area contributed by atoms with Crippen LogP contribution >= 0.6 is 0 Å². The Kier molecular flexibility index (Phi) is 2.35. The van der Waals surface area contributed by atoms with Crippen molar-refractivity contribution in [3.8, 4) is 0 Å². The van der Waals surface area contributed by atoms with Gasteiger partial charge in [0.15, 0.2) is 5.58 Å². The summed E-state index contributed by atoms with van der Waals surface area (Å²) in [7, 11) is 0. The largest absolute Gasteiger partial charge is 0.772 e. The topological polar surface area (TPSA) is 66.2 Å². The van der Waals surface area contributed by atoms with Gasteiger partial charge in [-0.25, -0.2) is 4.98 Å². The molecule has 0 aliphatic heterocycles. The van der Waals surface area contributed by atoms with E-state index in [0.717, 1.165) is 5.56 Å². The van der Waals surface area contributed by atoms with Gasteiger partial charge in [0.05, 0.1) is 5.75 Å². The molecule has 0 saturated carbocycles. The first-order valence-corrected chi connectivity index (χ1v) is 5.31. The van der Waals surface area contributed by atoms with E-state index >= 15 is 0 Å². The van der Waals surface area contributed by atoms with Crippen molar-refractivity contribution < 1.29 is 13.2 Å². The van der Waals surface area contributed by atoms with Gasteiger partial charge in [-0.05, 0) is 35.7 Å². The van der Waals surface area contributed by atoms with Crippen LogP contribution in [-0.4, -0.2) is 13.7 Å². The molecular weight excluding hydrogens is 202 g/mol. The van der Waals surface area contributed by atoms with E-state index in [1.807, 2.05) is 25.1 Å². The molecule has 1 unspecified atom stereocenters. The van der Waals surface area contributed by atoms with Crippen molar-refractivity contribution in [3.05, 3.63) is 29.7 Å². The Morgan fingerprint density at radius 2 is 2.36 bits per heavy atom. The Labute approximate surface area is 83.2 Å². The molecule has 0 N–H and O–H groups in total. The molecule has 1 aromatic heterocycles. The fraction of sp³-hybridized carbons (Fsp3) is 0.222. The van der Waals surface area contributed by atoms with E-state index < -0.39 is 11.1 Å². The first kappa shape index (κ1) is 9.36. The maximum Gasteiger partial charge on any atom is 0.206 e. The molecule has 0 radical (unpaired) electrons. The highest BCUT2D eigenvalue weighted by molar-refractivity contribution is 7.78. The highest BCUT2D eigenvalue weighted by atomic mass is 32.2. The normalized spacial score (nSPS) is 13.3. The quantitative estimate of drug-likeness (QED) is 0.705. The van der Waals surface area contributed by atoms with Crippen LogP contribution in [0.3, 0.4) is 0 Å². The van der Waals surface area contributed by atoms with Crippen LogP contribution in [0.5, 0.6) is 0 Å². The number of aromatic nitrogens is 1. The minimum Gasteiger partial charge on any atom is -0.772 e. The van der Waals surface area contributed by atoms with Crippen molar-refractivity contribution in [2.45, 2.75) is 12.7 Å². The molecule has 0 saturated heterocycles. The summed E-state index contributed by atoms with van der Waals surface area (Å²) in [5, 5.41) is 0. The molecule has 2 rings (SSSR count). The van der Waals surface area contributed by atoms with Gasteiger partial charge in [0.2, 0.25) is 5.89 Å². The van der Waals surface area contributed by atoms with Gasteiger partial charge >= 0.3 is 0 Å². The van der Waals surface area contributed by atoms with Crippen LogP contribution < -0.4 is 0 Å². The Balaban J connectivity index is 2.46. The van der Waals surface area contributed by atoms with E-state index in [-0.39, 0.29) is 11.6 Å². The number of benzene rings is 1. The van der Waals surface area contributed by atoms with Gasteiger partial charge < -0.3 is 8.97 Å². The van der Waals surface area contributed by atoms with Gasteiger partial charge in [0, 0.05) is 0 Å². The molecule has 2 aromatic rings. The Bertz CT molecular complexity index is 492. The fourth-order valence-electron chi connectivity index (χ4n) is 1.24. The van der Waals surface area contributed by atoms with Crippen LogP contribution in [-0.2, 0) is 16.8 Å². The number of nitrogens with zero attached hydrogens (tertiary/aromatic N) is 1. The lowest BCUT2D eigenvalue weighted by atomic mass is 10.2. The van der Waals surface area contributed by atoms with E-state index in [1.54, 1.807) is 0 Å². The van der Waals surface area contributed by atoms with E-state index in [9.17, 15) is 8.76 Å². The average molecular weight is 210 g/mol. The van der Waals surface area contributed by atoms with Crippen LogP contribution in [0.4, 0.5) is 0 Å². The van der Waals surface area contributed by atoms with E-state index in [1.165, 1.54) is 0 Å². The number of rotatable bonds is 2. The molecule has 0 bridgehead atoms. The molecule has 74 valence electrons. The minimum absolute atomic E-state index is 0.173. The minimum atomic E-state index is -2.15. The molecular formula is C9H8NO3S-. The number of aryl methyl sites for hydroxylation is 1. The van der Waals surface area contributed by atoms with Gasteiger partial charge in [-0.2, -0.15) is 0 Å². The first-order chi connectivity index (χ1) is 6.65. The third-order valence-electron chi connectivity index (χ3n) is 1.83. The molecule has 1 atom stereocenters. The summed E-state index contributed by atoms with van der Waals surface area (Å²) < 4.78 is 26.1. The SMILES string of the molecule is Cc1ccc2nc(CS(=O)[O-])oc2c1. The smallest absolute Gasteiger partial charge is 0.206 e. The van der Waals surface area contributed by atoms with Crippen molar-refractivity contribution in [2.75, 3.05) is 0 Å². The summed E-state index contributed by atoms with van der Waals surface area (Å²) in [6.45, 7) is 1.94. The van der Waals surface area contributed by atoms with E-state index in [2.05, 4.69) is 4.98 Å². The molecule has 0 aliphatic carbocycles. The highest BCUT2D eigenvalue weighted by Crippen LogP contribution is 2.17. The summed E-state index contributed by atoms with van der Waals surface area (Å²) in [5.74, 6) is 0.0622. The summed E-state index contributed by atoms with van der Waals surface area (Å²) in [6, 6.07) is 5.55. The molecule has 4 nitrogen and oxygen atoms in total. The number of hydrogen-bond donors (Lipinski definition) is 0. The van der Waals surface area contributed by atoms with Crippen LogP contribution in [0.1, 0.15) is 11.5 Å². The molecule has 0 fully saturated rings. The number of hydrogen-bond acceptors (Lipinski definition) is 4. The predicted octanol–water partition coefficient (Wildman–Crippen LogP) is 1.52. The lowest BCUT2D eigenvalue weighted by molar-refractivity contribution is 0.513. The lowest BCUT2D eigenvalue weighted by Crippen LogP contribution is -1.92. The number of oxazole rings is 1. The highest BCUT2D eigenvalue weighted by Gasteiger charge is 2.04. The Morgan fingerprint density at radius 3 is 3.07 bits per heavy atom. The van der Waals surface area contributed by atoms with Crippen LogP contribution in [0.25, 0.3) is 11.1 Å². The van der Waals surface area contributed by atoms with E-state index in [4.69, 9.17) is 4.42 Å². The zero-order valence-corrected chi connectivity index (χ0v) is 8.34. The fourth-order valence-corrected chi connectivity index (χ4v) is 1.57. The second-order valence-electron chi connectivity index (χ2n) is 3.03. The third-order valence-corrected chi connectivity index (χ3v) is 2.31. The number of fused-ring (bicyclic) bond motifs is 1. The summed E-state index contributed by atoms with van der Waals surface area (Å²) in [4.78, 5) is 4.03. The van der Waals surface area contributed by atoms with Crippen molar-refractivity contribution in [1.29, 1.82) is 0 Å². The van der Waals surface area contributed by atoms with Crippen molar-refractivity contribution in [2.24, 2.45) is 0 Å². The van der Waals surface area contributed by atoms with Gasteiger partial charge in [-0.15, -0.1) is 0 Å². The monoisotopic (exact) mass is 210 g/mol. The first-order valence-electron chi connectivity index (χ1n) is 4.07. The lowest BCUT2D eigenvalue weighted by Gasteiger charge is -1.98. The molecule has 1 heterocycles. The molecule has 14 heavy (non-hydrogen) atoms. The van der Waals surface area contributed by atoms with E-state index in [0.29, 0.717) is 11.1 Å². The summed E-state index contributed by atoms with van der Waals surface area (Å²) in [5.41, 5.74) is 2.38. The molecule has 0 aliphatic rings. The molecule has 0 amide bonds. The third kappa shape index (κ3) is 1.83. The summed E-state index contributed by atoms with van der Waals surface area (Å²) >= 11 is -2.15. The zero-order chi connectivity index (χ0) is 10.1. The average Bonchev–Trinajstić information content (AvgIpc) is 2.44. The second-order valence-corrected chi connectivity index (χ2v) is 3.92.